The van der Waals surface area contributed by atoms with Crippen LogP contribution in [0.4, 0.5) is 14.6 Å². The van der Waals surface area contributed by atoms with Crippen molar-refractivity contribution in [3.63, 3.8) is 0 Å². The number of anilines is 1. The van der Waals surface area contributed by atoms with E-state index in [1.807, 2.05) is 11.6 Å². The van der Waals surface area contributed by atoms with E-state index in [0.29, 0.717) is 17.3 Å². The monoisotopic (exact) mass is 278 g/mol. The molecule has 0 radical (unpaired) electrons. The predicted octanol–water partition coefficient (Wildman–Crippen LogP) is 3.18. The number of alkyl halides is 2. The highest BCUT2D eigenvalue weighted by Gasteiger charge is 2.24. The number of pyridine rings is 1. The first-order valence-electron chi connectivity index (χ1n) is 6.63. The lowest BCUT2D eigenvalue weighted by Crippen LogP contribution is -2.06. The van der Waals surface area contributed by atoms with E-state index in [0.717, 1.165) is 17.8 Å². The van der Waals surface area contributed by atoms with Crippen molar-refractivity contribution in [2.45, 2.75) is 32.7 Å². The van der Waals surface area contributed by atoms with Crippen LogP contribution >= 0.6 is 0 Å². The Morgan fingerprint density at radius 1 is 1.40 bits per heavy atom. The Bertz CT molecular complexity index is 615. The molecule has 0 aromatic carbocycles. The standard InChI is InChI=1S/C14H16F2N4/c1-8-12(10-4-5-11(13(15)16)18-6-10)19-20(14(8)17)7-9-2-3-9/h4-6,9,13H,2-3,7,17H2,1H3. The molecule has 0 aliphatic heterocycles. The predicted molar refractivity (Wildman–Crippen MR) is 72.3 cm³/mol. The molecule has 1 saturated carbocycles. The van der Waals surface area contributed by atoms with E-state index in [2.05, 4.69) is 10.1 Å². The van der Waals surface area contributed by atoms with Gasteiger partial charge in [-0.1, -0.05) is 0 Å². The van der Waals surface area contributed by atoms with Crippen LogP contribution in [0.5, 0.6) is 0 Å². The Labute approximate surface area is 115 Å². The zero-order chi connectivity index (χ0) is 14.3. The van der Waals surface area contributed by atoms with E-state index in [-0.39, 0.29) is 5.69 Å². The number of nitrogen functional groups attached to an aromatic ring is 1. The lowest BCUT2D eigenvalue weighted by molar-refractivity contribution is 0.146. The highest BCUT2D eigenvalue weighted by molar-refractivity contribution is 5.67. The first-order valence-corrected chi connectivity index (χ1v) is 6.63. The van der Waals surface area contributed by atoms with Crippen LogP contribution in [0.1, 0.15) is 30.5 Å². The molecular weight excluding hydrogens is 262 g/mol. The molecule has 2 aromatic rings. The second-order valence-electron chi connectivity index (χ2n) is 5.26. The van der Waals surface area contributed by atoms with Crippen LogP contribution in [0.25, 0.3) is 11.3 Å². The molecule has 0 amide bonds. The summed E-state index contributed by atoms with van der Waals surface area (Å²) in [6, 6.07) is 2.94. The quantitative estimate of drug-likeness (QED) is 0.934. The van der Waals surface area contributed by atoms with Gasteiger partial charge in [0.25, 0.3) is 6.43 Å². The van der Waals surface area contributed by atoms with Crippen molar-refractivity contribution >= 4 is 5.82 Å². The molecule has 2 heterocycles. The fourth-order valence-electron chi connectivity index (χ4n) is 2.20. The van der Waals surface area contributed by atoms with E-state index < -0.39 is 6.43 Å². The van der Waals surface area contributed by atoms with Crippen LogP contribution in [0.3, 0.4) is 0 Å². The van der Waals surface area contributed by atoms with Crippen LogP contribution < -0.4 is 5.73 Å². The summed E-state index contributed by atoms with van der Waals surface area (Å²) in [6.07, 6.45) is 1.32. The van der Waals surface area contributed by atoms with Crippen LogP contribution in [0.15, 0.2) is 18.3 Å². The maximum absolute atomic E-state index is 12.5. The van der Waals surface area contributed by atoms with Gasteiger partial charge in [-0.3, -0.25) is 4.98 Å². The van der Waals surface area contributed by atoms with E-state index in [9.17, 15) is 8.78 Å². The van der Waals surface area contributed by atoms with Crippen molar-refractivity contribution in [2.75, 3.05) is 5.73 Å². The molecule has 3 rings (SSSR count). The van der Waals surface area contributed by atoms with E-state index in [1.165, 1.54) is 25.1 Å². The van der Waals surface area contributed by atoms with Gasteiger partial charge in [-0.15, -0.1) is 0 Å². The number of nitrogens with zero attached hydrogens (tertiary/aromatic N) is 3. The van der Waals surface area contributed by atoms with Gasteiger partial charge in [0.2, 0.25) is 0 Å². The summed E-state index contributed by atoms with van der Waals surface area (Å²) in [6.45, 7) is 2.72. The molecule has 6 heteroatoms. The highest BCUT2D eigenvalue weighted by atomic mass is 19.3. The third-order valence-electron chi connectivity index (χ3n) is 3.65. The van der Waals surface area contributed by atoms with Gasteiger partial charge < -0.3 is 5.73 Å². The van der Waals surface area contributed by atoms with Crippen molar-refractivity contribution in [1.29, 1.82) is 0 Å². The van der Waals surface area contributed by atoms with Gasteiger partial charge in [-0.05, 0) is 37.8 Å². The average molecular weight is 278 g/mol. The van der Waals surface area contributed by atoms with E-state index >= 15 is 0 Å². The number of nitrogens with two attached hydrogens (primary N) is 1. The van der Waals surface area contributed by atoms with Crippen molar-refractivity contribution < 1.29 is 8.78 Å². The normalized spacial score (nSPS) is 15.0. The Morgan fingerprint density at radius 3 is 2.70 bits per heavy atom. The average Bonchev–Trinajstić information content (AvgIpc) is 3.21. The number of hydrogen-bond acceptors (Lipinski definition) is 3. The third kappa shape index (κ3) is 2.37. The number of halogens is 2. The Balaban J connectivity index is 1.92. The van der Waals surface area contributed by atoms with Crippen LogP contribution in [-0.2, 0) is 6.54 Å². The molecule has 0 spiro atoms. The summed E-state index contributed by atoms with van der Waals surface area (Å²) in [5.74, 6) is 1.31. The van der Waals surface area contributed by atoms with Crippen LogP contribution in [-0.4, -0.2) is 14.8 Å². The van der Waals surface area contributed by atoms with Gasteiger partial charge in [0.1, 0.15) is 11.5 Å². The van der Waals surface area contributed by atoms with Gasteiger partial charge >= 0.3 is 0 Å². The molecule has 20 heavy (non-hydrogen) atoms. The van der Waals surface area contributed by atoms with Gasteiger partial charge in [0.05, 0.1) is 5.69 Å². The third-order valence-corrected chi connectivity index (χ3v) is 3.65. The number of rotatable bonds is 4. The van der Waals surface area contributed by atoms with Gasteiger partial charge in [0, 0.05) is 23.9 Å². The molecule has 1 aliphatic rings. The zero-order valence-corrected chi connectivity index (χ0v) is 11.2. The smallest absolute Gasteiger partial charge is 0.280 e. The highest BCUT2D eigenvalue weighted by Crippen LogP contribution is 2.33. The molecule has 4 nitrogen and oxygen atoms in total. The second kappa shape index (κ2) is 4.85. The molecule has 0 atom stereocenters. The minimum absolute atomic E-state index is 0.225. The summed E-state index contributed by atoms with van der Waals surface area (Å²) >= 11 is 0. The summed E-state index contributed by atoms with van der Waals surface area (Å²) in [7, 11) is 0. The number of hydrogen-bond donors (Lipinski definition) is 1. The molecule has 106 valence electrons. The fraction of sp³-hybridized carbons (Fsp3) is 0.429. The van der Waals surface area contributed by atoms with Crippen LogP contribution in [0, 0.1) is 12.8 Å². The maximum Gasteiger partial charge on any atom is 0.280 e. The van der Waals surface area contributed by atoms with Crippen molar-refractivity contribution in [2.24, 2.45) is 5.92 Å². The molecule has 0 unspecified atom stereocenters. The van der Waals surface area contributed by atoms with E-state index in [4.69, 9.17) is 5.73 Å². The Kier molecular flexibility index (Phi) is 3.16. The minimum Gasteiger partial charge on any atom is -0.384 e. The van der Waals surface area contributed by atoms with Crippen LogP contribution in [0.2, 0.25) is 0 Å². The summed E-state index contributed by atoms with van der Waals surface area (Å²) in [5.41, 5.74) is 8.14. The first-order chi connectivity index (χ1) is 9.56. The fourth-order valence-corrected chi connectivity index (χ4v) is 2.20. The molecule has 1 fully saturated rings. The summed E-state index contributed by atoms with van der Waals surface area (Å²) in [4.78, 5) is 3.77. The summed E-state index contributed by atoms with van der Waals surface area (Å²) in [5, 5.41) is 4.50. The molecular formula is C14H16F2N4. The second-order valence-corrected chi connectivity index (χ2v) is 5.26. The topological polar surface area (TPSA) is 56.7 Å². The van der Waals surface area contributed by atoms with E-state index in [1.54, 1.807) is 6.07 Å². The Hall–Kier alpha value is -1.98. The van der Waals surface area contributed by atoms with Gasteiger partial charge in [-0.2, -0.15) is 5.10 Å². The van der Waals surface area contributed by atoms with Crippen molar-refractivity contribution in [3.8, 4) is 11.3 Å². The molecule has 2 aromatic heterocycles. The zero-order valence-electron chi connectivity index (χ0n) is 11.2. The van der Waals surface area contributed by atoms with Gasteiger partial charge in [0.15, 0.2) is 0 Å². The molecule has 0 bridgehead atoms. The molecule has 0 saturated heterocycles. The van der Waals surface area contributed by atoms with Gasteiger partial charge in [-0.25, -0.2) is 13.5 Å². The van der Waals surface area contributed by atoms with Crippen molar-refractivity contribution in [3.05, 3.63) is 29.6 Å². The lowest BCUT2D eigenvalue weighted by atomic mass is 10.1. The molecule has 1 aliphatic carbocycles. The van der Waals surface area contributed by atoms with Crippen molar-refractivity contribution in [1.82, 2.24) is 14.8 Å². The minimum atomic E-state index is -2.55. The summed E-state index contributed by atoms with van der Waals surface area (Å²) < 4.78 is 26.8. The lowest BCUT2D eigenvalue weighted by Gasteiger charge is -2.01. The SMILES string of the molecule is Cc1c(-c2ccc(C(F)F)nc2)nn(CC2CC2)c1N. The molecule has 2 N–H and O–H groups in total. The Morgan fingerprint density at radius 2 is 2.15 bits per heavy atom. The first kappa shape index (κ1) is 13.0. The largest absolute Gasteiger partial charge is 0.384 e. The maximum atomic E-state index is 12.5. The number of aromatic nitrogens is 3.